The van der Waals surface area contributed by atoms with Crippen molar-refractivity contribution < 1.29 is 32.9 Å². The van der Waals surface area contributed by atoms with Crippen LogP contribution in [0.4, 0.5) is 17.1 Å². The van der Waals surface area contributed by atoms with Crippen molar-refractivity contribution in [1.29, 1.82) is 0 Å². The molecule has 0 aliphatic heterocycles. The molecule has 0 amide bonds. The number of benzene rings is 2. The van der Waals surface area contributed by atoms with Gasteiger partial charge in [0.05, 0.1) is 20.5 Å². The molecule has 0 saturated heterocycles. The number of nitrogens with one attached hydrogen (secondary N) is 1. The quantitative estimate of drug-likeness (QED) is 0.282. The van der Waals surface area contributed by atoms with E-state index in [9.17, 15) is 33.4 Å². The normalized spacial score (nSPS) is 11.6. The molecule has 15 heteroatoms. The van der Waals surface area contributed by atoms with Gasteiger partial charge in [-0.3, -0.25) is 25.7 Å². The number of hydrazone groups is 1. The highest BCUT2D eigenvalue weighted by molar-refractivity contribution is 7.89. The molecule has 0 aliphatic rings. The summed E-state index contributed by atoms with van der Waals surface area (Å²) in [6.07, 6.45) is 0. The Labute approximate surface area is 174 Å². The molecule has 0 spiro atoms. The number of hydrogen-bond acceptors (Lipinski definition) is 10. The number of nitro benzene ring substituents is 2. The lowest BCUT2D eigenvalue weighted by molar-refractivity contribution is -0.394. The van der Waals surface area contributed by atoms with Gasteiger partial charge in [-0.1, -0.05) is 12.1 Å². The van der Waals surface area contributed by atoms with Gasteiger partial charge in [0.2, 0.25) is 10.0 Å². The van der Waals surface area contributed by atoms with Crippen molar-refractivity contribution in [3.05, 3.63) is 62.2 Å². The lowest BCUT2D eigenvalue weighted by Crippen LogP contribution is -2.12. The van der Waals surface area contributed by atoms with Crippen molar-refractivity contribution in [2.45, 2.75) is 11.8 Å². The van der Waals surface area contributed by atoms with Gasteiger partial charge in [0.25, 0.3) is 0 Å². The Hall–Kier alpha value is -4.11. The number of ether oxygens (including phenoxy) is 1. The molecule has 0 atom stereocenters. The van der Waals surface area contributed by atoms with Crippen molar-refractivity contribution in [3.63, 3.8) is 0 Å². The first kappa shape index (κ1) is 23.2. The van der Waals surface area contributed by atoms with Crippen molar-refractivity contribution in [2.75, 3.05) is 12.0 Å². The number of carboxylic acids is 1. The topological polar surface area (TPSA) is 217 Å². The Kier molecular flexibility index (Phi) is 6.83. The fourth-order valence-corrected chi connectivity index (χ4v) is 2.81. The van der Waals surface area contributed by atoms with Gasteiger partial charge >= 0.3 is 17.3 Å². The molecule has 2 rings (SSSR count). The van der Waals surface area contributed by atoms with Crippen LogP contribution in [-0.4, -0.2) is 41.7 Å². The fourth-order valence-electron chi connectivity index (χ4n) is 2.29. The average molecular weight is 453 g/mol. The van der Waals surface area contributed by atoms with E-state index >= 15 is 0 Å². The van der Waals surface area contributed by atoms with E-state index in [1.165, 1.54) is 31.2 Å². The second-order valence-electron chi connectivity index (χ2n) is 5.91. The van der Waals surface area contributed by atoms with Gasteiger partial charge in [0.1, 0.15) is 11.8 Å². The van der Waals surface area contributed by atoms with Crippen LogP contribution < -0.4 is 15.3 Å². The molecule has 0 bridgehead atoms. The zero-order valence-corrected chi connectivity index (χ0v) is 16.5. The number of carboxylic acid groups (broad SMARTS) is 1. The predicted octanol–water partition coefficient (Wildman–Crippen LogP) is 1.45. The lowest BCUT2D eigenvalue weighted by atomic mass is 10.1. The van der Waals surface area contributed by atoms with Crippen molar-refractivity contribution >= 4 is 38.8 Å². The molecule has 0 radical (unpaired) electrons. The average Bonchev–Trinajstić information content (AvgIpc) is 2.69. The summed E-state index contributed by atoms with van der Waals surface area (Å²) in [7, 11) is -3.88. The molecule has 0 saturated carbocycles. The van der Waals surface area contributed by atoms with Gasteiger partial charge in [-0.15, -0.1) is 0 Å². The zero-order valence-electron chi connectivity index (χ0n) is 15.7. The SMILES string of the molecule is CC(=NNc1cc(OCC(=O)O)c([N+](=O)[O-])cc1[N+](=O)[O-])c1ccc(S(N)(=O)=O)cc1. The van der Waals surface area contributed by atoms with E-state index in [0.717, 1.165) is 6.07 Å². The first-order valence-electron chi connectivity index (χ1n) is 8.15. The predicted molar refractivity (Wildman–Crippen MR) is 107 cm³/mol. The van der Waals surface area contributed by atoms with Gasteiger partial charge in [0, 0.05) is 6.07 Å². The van der Waals surface area contributed by atoms with Crippen LogP contribution in [0.25, 0.3) is 0 Å². The van der Waals surface area contributed by atoms with Crippen LogP contribution in [0, 0.1) is 20.2 Å². The maximum atomic E-state index is 11.3. The van der Waals surface area contributed by atoms with Crippen molar-refractivity contribution in [3.8, 4) is 5.75 Å². The van der Waals surface area contributed by atoms with E-state index in [1.807, 2.05) is 0 Å². The molecule has 14 nitrogen and oxygen atoms in total. The number of sulfonamides is 1. The standard InChI is InChI=1S/C16H15N5O9S/c1-9(10-2-4-11(5-3-10)31(17,28)29)18-19-12-6-15(30-8-16(22)23)14(21(26)27)7-13(12)20(24)25/h2-7,19H,8H2,1H3,(H,22,23)(H2,17,28,29). The van der Waals surface area contributed by atoms with Crippen LogP contribution in [0.5, 0.6) is 5.75 Å². The molecule has 0 fully saturated rings. The maximum Gasteiger partial charge on any atom is 0.341 e. The highest BCUT2D eigenvalue weighted by Crippen LogP contribution is 2.37. The second kappa shape index (κ2) is 9.14. The van der Waals surface area contributed by atoms with E-state index in [4.69, 9.17) is 15.0 Å². The summed E-state index contributed by atoms with van der Waals surface area (Å²) < 4.78 is 27.5. The Morgan fingerprint density at radius 3 is 2.23 bits per heavy atom. The van der Waals surface area contributed by atoms with Crippen molar-refractivity contribution in [1.82, 2.24) is 0 Å². The summed E-state index contributed by atoms with van der Waals surface area (Å²) in [6.45, 7) is 0.606. The minimum absolute atomic E-state index is 0.122. The molecule has 0 heterocycles. The van der Waals surface area contributed by atoms with Gasteiger partial charge in [-0.25, -0.2) is 18.4 Å². The smallest absolute Gasteiger partial charge is 0.341 e. The molecule has 2 aromatic rings. The third-order valence-electron chi connectivity index (χ3n) is 3.77. The summed E-state index contributed by atoms with van der Waals surface area (Å²) in [6, 6.07) is 6.81. The van der Waals surface area contributed by atoms with E-state index in [-0.39, 0.29) is 16.3 Å². The van der Waals surface area contributed by atoms with Gasteiger partial charge in [-0.05, 0) is 24.6 Å². The summed E-state index contributed by atoms with van der Waals surface area (Å²) in [4.78, 5) is 31.2. The second-order valence-corrected chi connectivity index (χ2v) is 7.47. The first-order valence-corrected chi connectivity index (χ1v) is 9.69. The number of nitro groups is 2. The van der Waals surface area contributed by atoms with Gasteiger partial charge in [-0.2, -0.15) is 5.10 Å². The molecule has 0 aromatic heterocycles. The van der Waals surface area contributed by atoms with E-state index in [2.05, 4.69) is 10.5 Å². The summed E-state index contributed by atoms with van der Waals surface area (Å²) in [5.74, 6) is -1.91. The number of primary sulfonamides is 1. The van der Waals surface area contributed by atoms with Gasteiger partial charge in [0.15, 0.2) is 12.4 Å². The number of nitrogens with zero attached hydrogens (tertiary/aromatic N) is 3. The summed E-state index contributed by atoms with van der Waals surface area (Å²) in [5, 5.41) is 40.1. The fraction of sp³-hybridized carbons (Fsp3) is 0.125. The van der Waals surface area contributed by atoms with Crippen LogP contribution in [0.15, 0.2) is 46.4 Å². The Morgan fingerprint density at radius 1 is 1.16 bits per heavy atom. The highest BCUT2D eigenvalue weighted by atomic mass is 32.2. The van der Waals surface area contributed by atoms with Crippen molar-refractivity contribution in [2.24, 2.45) is 10.2 Å². The third-order valence-corrected chi connectivity index (χ3v) is 4.70. The number of nitrogens with two attached hydrogens (primary N) is 1. The minimum Gasteiger partial charge on any atom is -0.479 e. The largest absolute Gasteiger partial charge is 0.479 e. The third kappa shape index (κ3) is 5.94. The van der Waals surface area contributed by atoms with E-state index < -0.39 is 49.6 Å². The van der Waals surface area contributed by atoms with Crippen LogP contribution in [0.3, 0.4) is 0 Å². The summed E-state index contributed by atoms with van der Waals surface area (Å²) in [5.41, 5.74) is 1.33. The molecule has 31 heavy (non-hydrogen) atoms. The van der Waals surface area contributed by atoms with E-state index in [1.54, 1.807) is 0 Å². The zero-order chi connectivity index (χ0) is 23.3. The van der Waals surface area contributed by atoms with Crippen LogP contribution in [0.1, 0.15) is 12.5 Å². The molecular weight excluding hydrogens is 438 g/mol. The molecule has 4 N–H and O–H groups in total. The van der Waals surface area contributed by atoms with E-state index in [0.29, 0.717) is 11.6 Å². The number of anilines is 1. The molecular formula is C16H15N5O9S. The first-order chi connectivity index (χ1) is 14.4. The molecule has 2 aromatic carbocycles. The van der Waals surface area contributed by atoms with Crippen LogP contribution >= 0.6 is 0 Å². The minimum atomic E-state index is -3.88. The Balaban J connectivity index is 2.41. The highest BCUT2D eigenvalue weighted by Gasteiger charge is 2.26. The van der Waals surface area contributed by atoms with Gasteiger partial charge < -0.3 is 9.84 Å². The molecule has 0 unspecified atom stereocenters. The number of rotatable bonds is 9. The maximum absolute atomic E-state index is 11.3. The van der Waals surface area contributed by atoms with Crippen LogP contribution in [0.2, 0.25) is 0 Å². The number of hydrogen-bond donors (Lipinski definition) is 3. The monoisotopic (exact) mass is 453 g/mol. The molecule has 0 aliphatic carbocycles. The van der Waals surface area contributed by atoms with Crippen LogP contribution in [-0.2, 0) is 14.8 Å². The Bertz CT molecular complexity index is 1180. The number of aliphatic carboxylic acids is 1. The Morgan fingerprint density at radius 2 is 1.74 bits per heavy atom. The summed E-state index contributed by atoms with van der Waals surface area (Å²) >= 11 is 0. The molecule has 164 valence electrons. The lowest BCUT2D eigenvalue weighted by Gasteiger charge is -2.09. The number of carbonyl (C=O) groups is 1.